The number of methoxy groups -OCH3 is 1. The van der Waals surface area contributed by atoms with Gasteiger partial charge in [0.15, 0.2) is 23.9 Å². The molecule has 0 unspecified atom stereocenters. The molecule has 1 amide bonds. The molecule has 0 saturated carbocycles. The van der Waals surface area contributed by atoms with Crippen LogP contribution in [0, 0.1) is 11.3 Å². The van der Waals surface area contributed by atoms with Crippen molar-refractivity contribution in [2.45, 2.75) is 0 Å². The lowest BCUT2D eigenvalue weighted by molar-refractivity contribution is -0.118. The van der Waals surface area contributed by atoms with Crippen LogP contribution in [0.5, 0.6) is 23.0 Å². The Morgan fingerprint density at radius 3 is 2.46 bits per heavy atom. The van der Waals surface area contributed by atoms with Crippen LogP contribution in [0.3, 0.4) is 0 Å². The number of amides is 1. The van der Waals surface area contributed by atoms with E-state index in [1.54, 1.807) is 36.4 Å². The van der Waals surface area contributed by atoms with Gasteiger partial charge in [0, 0.05) is 6.07 Å². The Morgan fingerprint density at radius 1 is 0.964 bits per heavy atom. The molecule has 6 heteroatoms. The van der Waals surface area contributed by atoms with Crippen LogP contribution in [0.1, 0.15) is 5.56 Å². The van der Waals surface area contributed by atoms with Crippen LogP contribution in [-0.2, 0) is 4.79 Å². The average Bonchev–Trinajstić information content (AvgIpc) is 2.74. The Kier molecular flexibility index (Phi) is 6.11. The topological polar surface area (TPSA) is 80.6 Å². The maximum atomic E-state index is 12.3. The molecule has 140 valence electrons. The van der Waals surface area contributed by atoms with Gasteiger partial charge in [-0.15, -0.1) is 0 Å². The average molecular weight is 374 g/mol. The molecule has 0 aliphatic carbocycles. The van der Waals surface area contributed by atoms with E-state index >= 15 is 0 Å². The van der Waals surface area contributed by atoms with E-state index in [1.165, 1.54) is 7.11 Å². The first-order valence-electron chi connectivity index (χ1n) is 8.52. The molecule has 3 aromatic carbocycles. The zero-order chi connectivity index (χ0) is 19.8. The zero-order valence-electron chi connectivity index (χ0n) is 15.2. The van der Waals surface area contributed by atoms with E-state index in [2.05, 4.69) is 5.32 Å². The summed E-state index contributed by atoms with van der Waals surface area (Å²) in [7, 11) is 1.47. The van der Waals surface area contributed by atoms with Gasteiger partial charge in [0.2, 0.25) is 0 Å². The third-order valence-electron chi connectivity index (χ3n) is 3.78. The number of nitrogens with zero attached hydrogens (tertiary/aromatic N) is 1. The number of para-hydroxylation sites is 3. The Morgan fingerprint density at radius 2 is 1.71 bits per heavy atom. The SMILES string of the molecule is COc1cc(C#N)ccc1OCC(=O)Nc1ccccc1Oc1ccccc1. The maximum Gasteiger partial charge on any atom is 0.262 e. The van der Waals surface area contributed by atoms with Gasteiger partial charge in [-0.05, 0) is 36.4 Å². The number of anilines is 1. The summed E-state index contributed by atoms with van der Waals surface area (Å²) in [6, 6.07) is 23.2. The maximum absolute atomic E-state index is 12.3. The van der Waals surface area contributed by atoms with E-state index < -0.39 is 0 Å². The van der Waals surface area contributed by atoms with E-state index in [1.807, 2.05) is 42.5 Å². The number of nitrogens with one attached hydrogen (secondary N) is 1. The highest BCUT2D eigenvalue weighted by atomic mass is 16.5. The minimum absolute atomic E-state index is 0.220. The fourth-order valence-electron chi connectivity index (χ4n) is 2.46. The number of nitriles is 1. The van der Waals surface area contributed by atoms with E-state index in [-0.39, 0.29) is 12.5 Å². The van der Waals surface area contributed by atoms with Gasteiger partial charge in [0.05, 0.1) is 24.4 Å². The van der Waals surface area contributed by atoms with Crippen molar-refractivity contribution < 1.29 is 19.0 Å². The summed E-state index contributed by atoms with van der Waals surface area (Å²) >= 11 is 0. The Balaban J connectivity index is 1.65. The number of rotatable bonds is 7. The highest BCUT2D eigenvalue weighted by Gasteiger charge is 2.11. The van der Waals surface area contributed by atoms with Crippen LogP contribution in [-0.4, -0.2) is 19.6 Å². The highest BCUT2D eigenvalue weighted by Crippen LogP contribution is 2.30. The highest BCUT2D eigenvalue weighted by molar-refractivity contribution is 5.93. The lowest BCUT2D eigenvalue weighted by Crippen LogP contribution is -2.20. The van der Waals surface area contributed by atoms with Gasteiger partial charge in [0.25, 0.3) is 5.91 Å². The van der Waals surface area contributed by atoms with Crippen molar-refractivity contribution in [2.75, 3.05) is 19.0 Å². The predicted octanol–water partition coefficient (Wildman–Crippen LogP) is 4.38. The van der Waals surface area contributed by atoms with Crippen LogP contribution < -0.4 is 19.5 Å². The summed E-state index contributed by atoms with van der Waals surface area (Å²) in [6.45, 7) is -0.220. The fourth-order valence-corrected chi connectivity index (χ4v) is 2.46. The minimum Gasteiger partial charge on any atom is -0.493 e. The van der Waals surface area contributed by atoms with Crippen LogP contribution in [0.25, 0.3) is 0 Å². The number of ether oxygens (including phenoxy) is 3. The van der Waals surface area contributed by atoms with Crippen LogP contribution in [0.2, 0.25) is 0 Å². The van der Waals surface area contributed by atoms with Gasteiger partial charge < -0.3 is 19.5 Å². The molecule has 0 spiro atoms. The van der Waals surface area contributed by atoms with Crippen LogP contribution >= 0.6 is 0 Å². The summed E-state index contributed by atoms with van der Waals surface area (Å²) in [4.78, 5) is 12.3. The second kappa shape index (κ2) is 9.10. The Hall–Kier alpha value is -3.98. The van der Waals surface area contributed by atoms with Crippen molar-refractivity contribution in [3.05, 3.63) is 78.4 Å². The summed E-state index contributed by atoms with van der Waals surface area (Å²) in [5.41, 5.74) is 0.979. The molecule has 0 fully saturated rings. The molecule has 3 rings (SSSR count). The Bertz CT molecular complexity index is 997. The standard InChI is InChI=1S/C22H18N2O4/c1-26-21-13-16(14-23)11-12-20(21)27-15-22(25)24-18-9-5-6-10-19(18)28-17-7-3-2-4-8-17/h2-13H,15H2,1H3,(H,24,25). The predicted molar refractivity (Wildman–Crippen MR) is 105 cm³/mol. The second-order valence-electron chi connectivity index (χ2n) is 5.73. The van der Waals surface area contributed by atoms with Crippen LogP contribution in [0.15, 0.2) is 72.8 Å². The van der Waals surface area contributed by atoms with Crippen molar-refractivity contribution in [3.63, 3.8) is 0 Å². The van der Waals surface area contributed by atoms with Crippen molar-refractivity contribution in [1.82, 2.24) is 0 Å². The summed E-state index contributed by atoms with van der Waals surface area (Å²) in [5, 5.41) is 11.7. The van der Waals surface area contributed by atoms with Crippen molar-refractivity contribution in [2.24, 2.45) is 0 Å². The molecule has 0 heterocycles. The third kappa shape index (κ3) is 4.80. The number of carbonyl (C=O) groups is 1. The summed E-state index contributed by atoms with van der Waals surface area (Å²) in [6.07, 6.45) is 0. The van der Waals surface area contributed by atoms with E-state index in [4.69, 9.17) is 19.5 Å². The first kappa shape index (κ1) is 18.8. The van der Waals surface area contributed by atoms with Gasteiger partial charge in [-0.25, -0.2) is 0 Å². The van der Waals surface area contributed by atoms with Crippen molar-refractivity contribution in [1.29, 1.82) is 5.26 Å². The minimum atomic E-state index is -0.351. The molecule has 6 nitrogen and oxygen atoms in total. The monoisotopic (exact) mass is 374 g/mol. The second-order valence-corrected chi connectivity index (χ2v) is 5.73. The third-order valence-corrected chi connectivity index (χ3v) is 3.78. The van der Waals surface area contributed by atoms with Gasteiger partial charge in [-0.1, -0.05) is 30.3 Å². The zero-order valence-corrected chi connectivity index (χ0v) is 15.2. The van der Waals surface area contributed by atoms with Crippen LogP contribution in [0.4, 0.5) is 5.69 Å². The first-order chi connectivity index (χ1) is 13.7. The molecule has 0 aliphatic heterocycles. The van der Waals surface area contributed by atoms with Gasteiger partial charge in [0.1, 0.15) is 5.75 Å². The molecule has 28 heavy (non-hydrogen) atoms. The fraction of sp³-hybridized carbons (Fsp3) is 0.0909. The smallest absolute Gasteiger partial charge is 0.262 e. The van der Waals surface area contributed by atoms with Gasteiger partial charge in [-0.3, -0.25) is 4.79 Å². The molecule has 0 saturated heterocycles. The molecule has 0 bridgehead atoms. The normalized spacial score (nSPS) is 9.86. The number of carbonyl (C=O) groups excluding carboxylic acids is 1. The van der Waals surface area contributed by atoms with Crippen molar-refractivity contribution >= 4 is 11.6 Å². The quantitative estimate of drug-likeness (QED) is 0.664. The largest absolute Gasteiger partial charge is 0.493 e. The summed E-state index contributed by atoms with van der Waals surface area (Å²) < 4.78 is 16.6. The molecule has 3 aromatic rings. The molecular weight excluding hydrogens is 356 g/mol. The molecule has 0 radical (unpaired) electrons. The molecule has 1 N–H and O–H groups in total. The molecular formula is C22H18N2O4. The van der Waals surface area contributed by atoms with Gasteiger partial charge >= 0.3 is 0 Å². The number of hydrogen-bond acceptors (Lipinski definition) is 5. The molecule has 0 aliphatic rings. The molecule has 0 atom stereocenters. The summed E-state index contributed by atoms with van der Waals surface area (Å²) in [5.74, 6) is 1.61. The first-order valence-corrected chi connectivity index (χ1v) is 8.52. The molecule has 0 aromatic heterocycles. The lowest BCUT2D eigenvalue weighted by atomic mass is 10.2. The van der Waals surface area contributed by atoms with E-state index in [0.29, 0.717) is 34.2 Å². The Labute approximate surface area is 162 Å². The van der Waals surface area contributed by atoms with E-state index in [0.717, 1.165) is 0 Å². The van der Waals surface area contributed by atoms with E-state index in [9.17, 15) is 4.79 Å². The number of benzene rings is 3. The number of hydrogen-bond donors (Lipinski definition) is 1. The van der Waals surface area contributed by atoms with Crippen molar-refractivity contribution in [3.8, 4) is 29.1 Å². The lowest BCUT2D eigenvalue weighted by Gasteiger charge is -2.13. The van der Waals surface area contributed by atoms with Gasteiger partial charge in [-0.2, -0.15) is 5.26 Å².